The van der Waals surface area contributed by atoms with Gasteiger partial charge in [0.1, 0.15) is 28.2 Å². The summed E-state index contributed by atoms with van der Waals surface area (Å²) in [5.74, 6) is -0.0270. The Morgan fingerprint density at radius 1 is 1.15 bits per heavy atom. The van der Waals surface area contributed by atoms with Gasteiger partial charge in [0, 0.05) is 67.9 Å². The lowest BCUT2D eigenvalue weighted by atomic mass is 9.85. The number of anilines is 2. The second-order valence-corrected chi connectivity index (χ2v) is 17.4. The van der Waals surface area contributed by atoms with Crippen LogP contribution >= 0.6 is 11.3 Å². The molecule has 6 heterocycles. The van der Waals surface area contributed by atoms with E-state index in [9.17, 15) is 10.4 Å². The molecule has 2 aromatic heterocycles. The van der Waals surface area contributed by atoms with Crippen LogP contribution in [0.15, 0.2) is 12.7 Å². The molecular formula is C41H51F2N7O4S. The first-order valence-electron chi connectivity index (χ1n) is 19.6. The molecule has 1 saturated carbocycles. The van der Waals surface area contributed by atoms with Gasteiger partial charge in [0.2, 0.25) is 0 Å². The molecule has 2 bridgehead atoms. The van der Waals surface area contributed by atoms with Crippen molar-refractivity contribution < 1.29 is 28.1 Å². The van der Waals surface area contributed by atoms with Crippen molar-refractivity contribution in [1.29, 1.82) is 5.26 Å². The highest BCUT2D eigenvalue weighted by molar-refractivity contribution is 7.17. The molecule has 4 fully saturated rings. The van der Waals surface area contributed by atoms with E-state index in [1.807, 2.05) is 6.92 Å². The van der Waals surface area contributed by atoms with Crippen molar-refractivity contribution in [1.82, 2.24) is 19.8 Å². The van der Waals surface area contributed by atoms with Crippen molar-refractivity contribution in [3.63, 3.8) is 0 Å². The summed E-state index contributed by atoms with van der Waals surface area (Å²) in [6.07, 6.45) is 5.86. The van der Waals surface area contributed by atoms with Gasteiger partial charge in [-0.15, -0.1) is 11.3 Å². The van der Waals surface area contributed by atoms with Crippen molar-refractivity contribution in [2.24, 2.45) is 11.3 Å². The van der Waals surface area contributed by atoms with E-state index >= 15 is 8.78 Å². The quantitative estimate of drug-likeness (QED) is 0.229. The van der Waals surface area contributed by atoms with E-state index in [-0.39, 0.29) is 74.4 Å². The van der Waals surface area contributed by atoms with Gasteiger partial charge in [0.05, 0.1) is 55.0 Å². The average molecular weight is 776 g/mol. The smallest absolute Gasteiger partial charge is 0.319 e. The molecule has 4 aliphatic heterocycles. The van der Waals surface area contributed by atoms with Crippen LogP contribution in [0.5, 0.6) is 6.01 Å². The minimum Gasteiger partial charge on any atom is -0.463 e. The second-order valence-electron chi connectivity index (χ2n) is 16.3. The Morgan fingerprint density at radius 2 is 1.87 bits per heavy atom. The molecule has 14 heteroatoms. The van der Waals surface area contributed by atoms with Gasteiger partial charge in [0.25, 0.3) is 0 Å². The summed E-state index contributed by atoms with van der Waals surface area (Å²) >= 11 is 0.944. The molecule has 5 atom stereocenters. The van der Waals surface area contributed by atoms with Crippen LogP contribution < -0.4 is 15.4 Å². The molecule has 5 unspecified atom stereocenters. The average Bonchev–Trinajstić information content (AvgIpc) is 3.94. The number of nitrogens with two attached hydrogens (primary N) is 1. The predicted octanol–water partition coefficient (Wildman–Crippen LogP) is 6.26. The number of halogens is 2. The molecule has 3 aromatic rings. The first-order chi connectivity index (χ1) is 26.5. The summed E-state index contributed by atoms with van der Waals surface area (Å²) in [5.41, 5.74) is 8.06. The highest BCUT2D eigenvalue weighted by Crippen LogP contribution is 2.49. The molecular weight excluding hydrogens is 725 g/mol. The number of rotatable bonds is 11. The Balaban J connectivity index is 1.26. The molecule has 3 saturated heterocycles. The molecule has 294 valence electrons. The van der Waals surface area contributed by atoms with Crippen molar-refractivity contribution in [3.8, 4) is 12.1 Å². The van der Waals surface area contributed by atoms with Gasteiger partial charge in [-0.3, -0.25) is 9.80 Å². The maximum absolute atomic E-state index is 17.7. The number of hydrogen-bond acceptors (Lipinski definition) is 12. The predicted molar refractivity (Wildman–Crippen MR) is 210 cm³/mol. The number of fused-ring (bicyclic) bond motifs is 5. The molecule has 5 aliphatic rings. The lowest BCUT2D eigenvalue weighted by molar-refractivity contribution is 0.00433. The van der Waals surface area contributed by atoms with Crippen molar-refractivity contribution >= 4 is 44.5 Å². The van der Waals surface area contributed by atoms with Gasteiger partial charge in [0.15, 0.2) is 5.82 Å². The van der Waals surface area contributed by atoms with Gasteiger partial charge >= 0.3 is 6.01 Å². The number of piperazine rings is 1. The maximum atomic E-state index is 17.7. The van der Waals surface area contributed by atoms with Gasteiger partial charge in [-0.05, 0) is 68.6 Å². The van der Waals surface area contributed by atoms with E-state index < -0.39 is 17.7 Å². The number of hydrogen-bond donors (Lipinski definition) is 2. The summed E-state index contributed by atoms with van der Waals surface area (Å²) in [6, 6.07) is 2.41. The number of likely N-dealkylation sites (tertiary alicyclic amines) is 1. The molecule has 55 heavy (non-hydrogen) atoms. The van der Waals surface area contributed by atoms with E-state index in [2.05, 4.69) is 34.3 Å². The third kappa shape index (κ3) is 7.02. The van der Waals surface area contributed by atoms with Gasteiger partial charge in [-0.1, -0.05) is 19.6 Å². The Bertz CT molecular complexity index is 2050. The molecule has 1 aliphatic carbocycles. The van der Waals surface area contributed by atoms with Crippen LogP contribution in [0, 0.1) is 28.5 Å². The summed E-state index contributed by atoms with van der Waals surface area (Å²) < 4.78 is 51.4. The maximum Gasteiger partial charge on any atom is 0.319 e. The third-order valence-electron chi connectivity index (χ3n) is 12.3. The second kappa shape index (κ2) is 15.3. The SMILES string of the molecule is C=C(c1c(/C(F)=C\C)sc(N)c1C#N)c1c2c(c3c(N4C5CCC4CN(CC(C)O)C5)nc(OCC4(CN5CCOCC5)CCC(C)C4)nc3c1F)COC2. The van der Waals surface area contributed by atoms with E-state index in [4.69, 9.17) is 29.9 Å². The number of allylic oxidation sites excluding steroid dienone is 1. The van der Waals surface area contributed by atoms with E-state index in [1.54, 1.807) is 6.92 Å². The Morgan fingerprint density at radius 3 is 2.53 bits per heavy atom. The number of thiophene rings is 1. The number of aliphatic hydroxyl groups is 1. The van der Waals surface area contributed by atoms with E-state index in [1.165, 1.54) is 6.08 Å². The molecule has 0 amide bonds. The molecule has 8 rings (SSSR count). The van der Waals surface area contributed by atoms with Crippen LogP contribution in [0.2, 0.25) is 0 Å². The molecule has 3 N–H and O–H groups in total. The zero-order chi connectivity index (χ0) is 38.6. The van der Waals surface area contributed by atoms with Crippen LogP contribution in [0.4, 0.5) is 19.6 Å². The van der Waals surface area contributed by atoms with Crippen molar-refractivity contribution in [3.05, 3.63) is 51.2 Å². The summed E-state index contributed by atoms with van der Waals surface area (Å²) in [4.78, 5) is 17.3. The van der Waals surface area contributed by atoms with E-state index in [0.717, 1.165) is 81.7 Å². The molecule has 0 spiro atoms. The number of nitrogens with zero attached hydrogens (tertiary/aromatic N) is 6. The fourth-order valence-electron chi connectivity index (χ4n) is 9.96. The fraction of sp³-hybridized carbons (Fsp3) is 0.585. The van der Waals surface area contributed by atoms with Gasteiger partial charge < -0.3 is 30.0 Å². The van der Waals surface area contributed by atoms with Gasteiger partial charge in [-0.25, -0.2) is 8.78 Å². The zero-order valence-electron chi connectivity index (χ0n) is 32.0. The Labute approximate surface area is 325 Å². The largest absolute Gasteiger partial charge is 0.463 e. The first-order valence-corrected chi connectivity index (χ1v) is 20.4. The molecule has 11 nitrogen and oxygen atoms in total. The number of aromatic nitrogens is 2. The molecule has 0 radical (unpaired) electrons. The van der Waals surface area contributed by atoms with Crippen LogP contribution in [0.1, 0.15) is 85.6 Å². The first kappa shape index (κ1) is 38.2. The zero-order valence-corrected chi connectivity index (χ0v) is 32.8. The highest BCUT2D eigenvalue weighted by atomic mass is 32.1. The Kier molecular flexibility index (Phi) is 10.6. The highest BCUT2D eigenvalue weighted by Gasteiger charge is 2.44. The standard InChI is InChI=1S/C41H51F2N7O4S/c1-5-31(42)37-33(28(15-44)38(45)55-37)25(4)32-29-19-53-20-30(29)34-36(35(32)43)46-40(47-39(34)50-26-6-7-27(50)18-49(17-26)16-24(3)51)54-22-41(9-8-23(2)14-41)21-48-10-12-52-13-11-48/h5,23-24,26-27,51H,4,6-14,16-22,45H2,1-3H3/b31-5+. The number of morpholine rings is 1. The van der Waals surface area contributed by atoms with Crippen LogP contribution in [0.25, 0.3) is 22.3 Å². The number of benzene rings is 1. The monoisotopic (exact) mass is 775 g/mol. The number of β-amino-alcohol motifs (C(OH)–C–C–N with tert-alkyl or cyclic N) is 1. The van der Waals surface area contributed by atoms with Gasteiger partial charge in [-0.2, -0.15) is 15.2 Å². The minimum absolute atomic E-state index is 0.0598. The third-order valence-corrected chi connectivity index (χ3v) is 13.3. The molecule has 1 aromatic carbocycles. The summed E-state index contributed by atoms with van der Waals surface area (Å²) in [6.45, 7) is 16.8. The Hall–Kier alpha value is -3.71. The van der Waals surface area contributed by atoms with Crippen LogP contribution in [-0.4, -0.2) is 102 Å². The van der Waals surface area contributed by atoms with Crippen molar-refractivity contribution in [2.45, 2.75) is 84.3 Å². The number of nitrogen functional groups attached to an aromatic ring is 1. The minimum atomic E-state index is -0.643. The summed E-state index contributed by atoms with van der Waals surface area (Å²) in [7, 11) is 0. The lowest BCUT2D eigenvalue weighted by Gasteiger charge is -2.42. The summed E-state index contributed by atoms with van der Waals surface area (Å²) in [5, 5.41) is 21.1. The number of aliphatic hydroxyl groups excluding tert-OH is 1. The van der Waals surface area contributed by atoms with Crippen LogP contribution in [0.3, 0.4) is 0 Å². The lowest BCUT2D eigenvalue weighted by Crippen LogP contribution is -2.55. The topological polar surface area (TPSA) is 133 Å². The number of ether oxygens (including phenoxy) is 3. The normalized spacial score (nSPS) is 26.5. The van der Waals surface area contributed by atoms with Crippen LogP contribution in [-0.2, 0) is 22.7 Å². The number of nitriles is 1. The van der Waals surface area contributed by atoms with E-state index in [0.29, 0.717) is 49.1 Å². The van der Waals surface area contributed by atoms with Crippen molar-refractivity contribution in [2.75, 3.05) is 69.7 Å². The fourth-order valence-corrected chi connectivity index (χ4v) is 11.0.